The lowest BCUT2D eigenvalue weighted by Crippen LogP contribution is -2.52. The van der Waals surface area contributed by atoms with Crippen LogP contribution in [0.5, 0.6) is 0 Å². The van der Waals surface area contributed by atoms with Crippen LogP contribution in [0.4, 0.5) is 0 Å². The number of hydrogen-bond acceptors (Lipinski definition) is 6. The average molecular weight is 451 g/mol. The number of pyridine rings is 2. The van der Waals surface area contributed by atoms with Crippen LogP contribution in [0.1, 0.15) is 61.7 Å². The molecular formula is C26H38N6O. The van der Waals surface area contributed by atoms with Crippen LogP contribution in [-0.2, 0) is 4.79 Å². The number of amides is 1. The Bertz CT molecular complexity index is 832. The van der Waals surface area contributed by atoms with Crippen LogP contribution in [0.15, 0.2) is 48.8 Å². The number of piperidine rings is 2. The first-order valence-corrected chi connectivity index (χ1v) is 12.5. The molecule has 2 aliphatic rings. The molecule has 2 aliphatic heterocycles. The molecule has 2 aromatic heterocycles. The minimum absolute atomic E-state index is 0.0297. The van der Waals surface area contributed by atoms with Gasteiger partial charge in [0, 0.05) is 61.7 Å². The van der Waals surface area contributed by atoms with Gasteiger partial charge in [-0.05, 0) is 76.0 Å². The van der Waals surface area contributed by atoms with Crippen molar-refractivity contribution in [2.45, 2.75) is 56.5 Å². The Morgan fingerprint density at radius 3 is 2.03 bits per heavy atom. The summed E-state index contributed by atoms with van der Waals surface area (Å²) < 4.78 is 0. The van der Waals surface area contributed by atoms with Crippen LogP contribution in [0.3, 0.4) is 0 Å². The third-order valence-electron chi connectivity index (χ3n) is 7.19. The predicted molar refractivity (Wildman–Crippen MR) is 131 cm³/mol. The zero-order valence-electron chi connectivity index (χ0n) is 19.6. The Morgan fingerprint density at radius 2 is 1.52 bits per heavy atom. The van der Waals surface area contributed by atoms with E-state index >= 15 is 0 Å². The van der Waals surface area contributed by atoms with E-state index in [1.165, 1.54) is 11.4 Å². The molecule has 4 heterocycles. The van der Waals surface area contributed by atoms with E-state index in [2.05, 4.69) is 49.4 Å². The highest BCUT2D eigenvalue weighted by molar-refractivity contribution is 5.76. The van der Waals surface area contributed by atoms with Gasteiger partial charge in [-0.15, -0.1) is 0 Å². The Morgan fingerprint density at radius 1 is 0.939 bits per heavy atom. The van der Waals surface area contributed by atoms with Gasteiger partial charge in [0.25, 0.3) is 0 Å². The fraction of sp³-hybridized carbons (Fsp3) is 0.577. The average Bonchev–Trinajstić information content (AvgIpc) is 2.89. The van der Waals surface area contributed by atoms with Gasteiger partial charge in [0.05, 0.1) is 6.17 Å². The molecule has 0 bridgehead atoms. The van der Waals surface area contributed by atoms with Crippen molar-refractivity contribution in [3.8, 4) is 0 Å². The molecule has 2 aromatic rings. The van der Waals surface area contributed by atoms with E-state index in [9.17, 15) is 4.79 Å². The van der Waals surface area contributed by atoms with Gasteiger partial charge >= 0.3 is 0 Å². The first-order valence-electron chi connectivity index (χ1n) is 12.5. The van der Waals surface area contributed by atoms with Crippen molar-refractivity contribution in [1.29, 1.82) is 0 Å². The van der Waals surface area contributed by atoms with Crippen LogP contribution < -0.4 is 11.1 Å². The summed E-state index contributed by atoms with van der Waals surface area (Å²) in [7, 11) is 0. The molecule has 0 radical (unpaired) electrons. The summed E-state index contributed by atoms with van der Waals surface area (Å²) in [5.74, 6) is 1.18. The SMILES string of the molecule is NCCC(NC(=O)CCN1CCC(c2ccccn2)CC1)N1CCC(c2ccccn2)CC1. The maximum Gasteiger partial charge on any atom is 0.222 e. The summed E-state index contributed by atoms with van der Waals surface area (Å²) in [4.78, 5) is 26.6. The van der Waals surface area contributed by atoms with Crippen LogP contribution >= 0.6 is 0 Å². The van der Waals surface area contributed by atoms with Crippen molar-refractivity contribution in [2.24, 2.45) is 5.73 Å². The van der Waals surface area contributed by atoms with Crippen molar-refractivity contribution in [3.05, 3.63) is 60.2 Å². The molecule has 33 heavy (non-hydrogen) atoms. The normalized spacial score (nSPS) is 19.9. The second-order valence-electron chi connectivity index (χ2n) is 9.35. The lowest BCUT2D eigenvalue weighted by Gasteiger charge is -2.38. The summed E-state index contributed by atoms with van der Waals surface area (Å²) in [6, 6.07) is 12.3. The molecule has 0 aliphatic carbocycles. The molecule has 0 saturated carbocycles. The van der Waals surface area contributed by atoms with Crippen LogP contribution in [0.2, 0.25) is 0 Å². The highest BCUT2D eigenvalue weighted by Gasteiger charge is 2.27. The molecule has 1 unspecified atom stereocenters. The van der Waals surface area contributed by atoms with E-state index in [4.69, 9.17) is 5.73 Å². The summed E-state index contributed by atoms with van der Waals surface area (Å²) in [6.45, 7) is 5.38. The standard InChI is InChI=1S/C26H38N6O/c27-13-7-25(32-19-10-22(11-20-32)24-6-2-4-15-29-24)30-26(33)12-18-31-16-8-21(9-17-31)23-5-1-3-14-28-23/h1-6,14-15,21-22,25H,7-13,16-20,27H2,(H,30,33). The Kier molecular flexibility index (Phi) is 8.80. The van der Waals surface area contributed by atoms with E-state index in [-0.39, 0.29) is 12.1 Å². The van der Waals surface area contributed by atoms with Crippen LogP contribution in [-0.4, -0.2) is 71.1 Å². The summed E-state index contributed by atoms with van der Waals surface area (Å²) in [5.41, 5.74) is 8.26. The number of carbonyl (C=O) groups is 1. The van der Waals surface area contributed by atoms with Crippen molar-refractivity contribution >= 4 is 5.91 Å². The third-order valence-corrected chi connectivity index (χ3v) is 7.19. The van der Waals surface area contributed by atoms with Gasteiger partial charge < -0.3 is 16.0 Å². The Balaban J connectivity index is 1.19. The fourth-order valence-corrected chi connectivity index (χ4v) is 5.22. The van der Waals surface area contributed by atoms with E-state index < -0.39 is 0 Å². The molecule has 1 amide bonds. The number of nitrogens with zero attached hydrogens (tertiary/aromatic N) is 4. The third kappa shape index (κ3) is 6.82. The number of aromatic nitrogens is 2. The van der Waals surface area contributed by atoms with Gasteiger partial charge in [-0.25, -0.2) is 0 Å². The van der Waals surface area contributed by atoms with E-state index in [1.807, 2.05) is 24.5 Å². The zero-order valence-corrected chi connectivity index (χ0v) is 19.6. The summed E-state index contributed by atoms with van der Waals surface area (Å²) in [5, 5.41) is 3.27. The second-order valence-corrected chi connectivity index (χ2v) is 9.35. The van der Waals surface area contributed by atoms with Gasteiger partial charge in [-0.1, -0.05) is 12.1 Å². The van der Waals surface area contributed by atoms with Crippen LogP contribution in [0, 0.1) is 0 Å². The highest BCUT2D eigenvalue weighted by atomic mass is 16.1. The molecule has 7 nitrogen and oxygen atoms in total. The Hall–Kier alpha value is -2.35. The number of likely N-dealkylation sites (tertiary alicyclic amines) is 2. The highest BCUT2D eigenvalue weighted by Crippen LogP contribution is 2.28. The molecule has 2 fully saturated rings. The fourth-order valence-electron chi connectivity index (χ4n) is 5.22. The smallest absolute Gasteiger partial charge is 0.222 e. The van der Waals surface area contributed by atoms with Gasteiger partial charge in [-0.3, -0.25) is 19.7 Å². The number of hydrogen-bond donors (Lipinski definition) is 2. The van der Waals surface area contributed by atoms with Gasteiger partial charge in [0.15, 0.2) is 0 Å². The molecule has 1 atom stereocenters. The number of nitrogens with two attached hydrogens (primary N) is 1. The molecule has 7 heteroatoms. The number of rotatable bonds is 9. The zero-order chi connectivity index (χ0) is 22.9. The van der Waals surface area contributed by atoms with Gasteiger partial charge in [0.2, 0.25) is 5.91 Å². The maximum absolute atomic E-state index is 12.8. The lowest BCUT2D eigenvalue weighted by atomic mass is 9.92. The van der Waals surface area contributed by atoms with Crippen molar-refractivity contribution in [3.63, 3.8) is 0 Å². The van der Waals surface area contributed by atoms with E-state index in [0.717, 1.165) is 64.8 Å². The minimum Gasteiger partial charge on any atom is -0.340 e. The maximum atomic E-state index is 12.8. The summed E-state index contributed by atoms with van der Waals surface area (Å²) in [6.07, 6.45) is 9.47. The van der Waals surface area contributed by atoms with Gasteiger partial charge in [-0.2, -0.15) is 0 Å². The first kappa shape index (κ1) is 23.8. The molecule has 3 N–H and O–H groups in total. The monoisotopic (exact) mass is 450 g/mol. The molecule has 0 spiro atoms. The van der Waals surface area contributed by atoms with Crippen LogP contribution in [0.25, 0.3) is 0 Å². The second kappa shape index (κ2) is 12.2. The summed E-state index contributed by atoms with van der Waals surface area (Å²) >= 11 is 0. The van der Waals surface area contributed by atoms with E-state index in [0.29, 0.717) is 24.8 Å². The first-order chi connectivity index (χ1) is 16.2. The number of nitrogens with one attached hydrogen (secondary N) is 1. The van der Waals surface area contributed by atoms with Crippen molar-refractivity contribution in [2.75, 3.05) is 39.3 Å². The molecule has 0 aromatic carbocycles. The van der Waals surface area contributed by atoms with Gasteiger partial charge in [0.1, 0.15) is 0 Å². The molecule has 178 valence electrons. The topological polar surface area (TPSA) is 87.4 Å². The molecule has 2 saturated heterocycles. The quantitative estimate of drug-likeness (QED) is 0.611. The Labute approximate surface area is 197 Å². The van der Waals surface area contributed by atoms with E-state index in [1.54, 1.807) is 0 Å². The van der Waals surface area contributed by atoms with Crippen molar-refractivity contribution < 1.29 is 4.79 Å². The largest absolute Gasteiger partial charge is 0.340 e. The lowest BCUT2D eigenvalue weighted by molar-refractivity contribution is -0.123. The van der Waals surface area contributed by atoms with Crippen molar-refractivity contribution in [1.82, 2.24) is 25.1 Å². The minimum atomic E-state index is 0.0297. The molecule has 4 rings (SSSR count). The predicted octanol–water partition coefficient (Wildman–Crippen LogP) is 2.72. The molecular weight excluding hydrogens is 412 g/mol. The number of carbonyl (C=O) groups excluding carboxylic acids is 1.